The predicted molar refractivity (Wildman–Crippen MR) is 68.7 cm³/mol. The molecule has 0 aliphatic heterocycles. The number of aliphatic hydroxyl groups is 2. The summed E-state index contributed by atoms with van der Waals surface area (Å²) in [7, 11) is 0. The molecule has 0 aromatic heterocycles. The van der Waals surface area contributed by atoms with E-state index in [9.17, 15) is 0 Å². The molecule has 0 aromatic carbocycles. The standard InChI is InChI=1S/C10H18O3S2/c11-5-1-9(14)3-7-13-8-4-10(15)2-6-12/h11-12H,1-8H2. The highest BCUT2D eigenvalue weighted by Crippen LogP contribution is 1.97. The Bertz CT molecular complexity index is 175. The van der Waals surface area contributed by atoms with Crippen molar-refractivity contribution in [2.24, 2.45) is 0 Å². The summed E-state index contributed by atoms with van der Waals surface area (Å²) in [5.74, 6) is 0. The number of ether oxygens (including phenoxy) is 1. The molecule has 0 rings (SSSR count). The summed E-state index contributed by atoms with van der Waals surface area (Å²) in [5.41, 5.74) is 0. The Hall–Kier alpha value is 0.0600. The lowest BCUT2D eigenvalue weighted by molar-refractivity contribution is 0.148. The van der Waals surface area contributed by atoms with Gasteiger partial charge in [0.05, 0.1) is 13.2 Å². The van der Waals surface area contributed by atoms with Gasteiger partial charge in [0.25, 0.3) is 0 Å². The largest absolute Gasteiger partial charge is 0.396 e. The van der Waals surface area contributed by atoms with Crippen molar-refractivity contribution in [2.75, 3.05) is 26.4 Å². The van der Waals surface area contributed by atoms with E-state index < -0.39 is 0 Å². The van der Waals surface area contributed by atoms with Crippen molar-refractivity contribution in [2.45, 2.75) is 25.7 Å². The number of hydrogen-bond acceptors (Lipinski definition) is 5. The first-order valence-electron chi connectivity index (χ1n) is 5.03. The SMILES string of the molecule is OCCC(=S)CCOCCC(=S)CCO. The second-order valence-corrected chi connectivity index (χ2v) is 4.29. The smallest absolute Gasteiger partial charge is 0.0511 e. The van der Waals surface area contributed by atoms with Gasteiger partial charge in [0.2, 0.25) is 0 Å². The van der Waals surface area contributed by atoms with E-state index in [-0.39, 0.29) is 13.2 Å². The quantitative estimate of drug-likeness (QED) is 0.452. The van der Waals surface area contributed by atoms with Gasteiger partial charge in [-0.15, -0.1) is 0 Å². The van der Waals surface area contributed by atoms with Crippen molar-refractivity contribution in [3.05, 3.63) is 0 Å². The first kappa shape index (κ1) is 15.1. The summed E-state index contributed by atoms with van der Waals surface area (Å²) in [4.78, 5) is 1.69. The first-order valence-corrected chi connectivity index (χ1v) is 5.85. The average Bonchev–Trinajstić information content (AvgIpc) is 2.18. The van der Waals surface area contributed by atoms with E-state index in [0.29, 0.717) is 38.9 Å². The molecule has 3 nitrogen and oxygen atoms in total. The maximum atomic E-state index is 8.60. The summed E-state index contributed by atoms with van der Waals surface area (Å²) in [6, 6.07) is 0. The van der Waals surface area contributed by atoms with Gasteiger partial charge in [-0.1, -0.05) is 24.4 Å². The predicted octanol–water partition coefficient (Wildman–Crippen LogP) is 1.29. The molecule has 0 aromatic rings. The van der Waals surface area contributed by atoms with E-state index in [2.05, 4.69) is 0 Å². The van der Waals surface area contributed by atoms with E-state index in [0.717, 1.165) is 9.73 Å². The minimum absolute atomic E-state index is 0.111. The van der Waals surface area contributed by atoms with Crippen LogP contribution < -0.4 is 0 Å². The molecule has 15 heavy (non-hydrogen) atoms. The molecule has 0 atom stereocenters. The Morgan fingerprint density at radius 3 is 1.53 bits per heavy atom. The van der Waals surface area contributed by atoms with Crippen LogP contribution in [0.25, 0.3) is 0 Å². The Morgan fingerprint density at radius 2 is 1.20 bits per heavy atom. The van der Waals surface area contributed by atoms with E-state index >= 15 is 0 Å². The highest BCUT2D eigenvalue weighted by atomic mass is 32.1. The van der Waals surface area contributed by atoms with Gasteiger partial charge in [0.15, 0.2) is 0 Å². The molecule has 2 N–H and O–H groups in total. The zero-order chi connectivity index (χ0) is 11.5. The van der Waals surface area contributed by atoms with Crippen LogP contribution in [-0.2, 0) is 4.74 Å². The molecule has 5 heteroatoms. The summed E-state index contributed by atoms with van der Waals surface area (Å²) in [6.07, 6.45) is 2.56. The molecule has 0 amide bonds. The van der Waals surface area contributed by atoms with Crippen molar-refractivity contribution >= 4 is 34.2 Å². The molecule has 0 saturated carbocycles. The minimum Gasteiger partial charge on any atom is -0.396 e. The van der Waals surface area contributed by atoms with Crippen molar-refractivity contribution in [3.63, 3.8) is 0 Å². The summed E-state index contributed by atoms with van der Waals surface area (Å²) in [5, 5.41) is 17.2. The maximum absolute atomic E-state index is 8.60. The van der Waals surface area contributed by atoms with Gasteiger partial charge < -0.3 is 14.9 Å². The molecular weight excluding hydrogens is 232 g/mol. The average molecular weight is 250 g/mol. The fraction of sp³-hybridized carbons (Fsp3) is 0.800. The molecule has 0 bridgehead atoms. The Kier molecular flexibility index (Phi) is 10.6. The maximum Gasteiger partial charge on any atom is 0.0511 e. The summed E-state index contributed by atoms with van der Waals surface area (Å²) < 4.78 is 5.33. The molecule has 0 saturated heterocycles. The molecule has 0 fully saturated rings. The van der Waals surface area contributed by atoms with Crippen LogP contribution in [0.1, 0.15) is 25.7 Å². The zero-order valence-corrected chi connectivity index (χ0v) is 10.4. The molecule has 0 aliphatic rings. The lowest BCUT2D eigenvalue weighted by Crippen LogP contribution is -2.07. The van der Waals surface area contributed by atoms with Crippen molar-refractivity contribution in [3.8, 4) is 0 Å². The van der Waals surface area contributed by atoms with Crippen LogP contribution in [-0.4, -0.2) is 46.4 Å². The van der Waals surface area contributed by atoms with Crippen LogP contribution >= 0.6 is 24.4 Å². The van der Waals surface area contributed by atoms with Crippen LogP contribution in [0.3, 0.4) is 0 Å². The lowest BCUT2D eigenvalue weighted by Gasteiger charge is -2.05. The highest BCUT2D eigenvalue weighted by Gasteiger charge is 1.98. The van der Waals surface area contributed by atoms with Gasteiger partial charge >= 0.3 is 0 Å². The fourth-order valence-electron chi connectivity index (χ4n) is 0.973. The van der Waals surface area contributed by atoms with Crippen LogP contribution in [0, 0.1) is 0 Å². The van der Waals surface area contributed by atoms with E-state index in [4.69, 9.17) is 39.4 Å². The van der Waals surface area contributed by atoms with Crippen molar-refractivity contribution in [1.29, 1.82) is 0 Å². The molecule has 0 radical (unpaired) electrons. The Morgan fingerprint density at radius 1 is 0.800 bits per heavy atom. The van der Waals surface area contributed by atoms with E-state index in [1.165, 1.54) is 0 Å². The molecule has 0 heterocycles. The van der Waals surface area contributed by atoms with Gasteiger partial charge in [-0.3, -0.25) is 0 Å². The van der Waals surface area contributed by atoms with Crippen LogP contribution in [0.15, 0.2) is 0 Å². The third kappa shape index (κ3) is 10.3. The normalized spacial score (nSPS) is 10.3. The Balaban J connectivity index is 3.24. The van der Waals surface area contributed by atoms with Gasteiger partial charge in [-0.2, -0.15) is 0 Å². The molecule has 0 aliphatic carbocycles. The number of thiocarbonyl (C=S) groups is 2. The van der Waals surface area contributed by atoms with Crippen molar-refractivity contribution in [1.82, 2.24) is 0 Å². The molecule has 0 spiro atoms. The van der Waals surface area contributed by atoms with Crippen LogP contribution in [0.2, 0.25) is 0 Å². The monoisotopic (exact) mass is 250 g/mol. The number of aliphatic hydroxyl groups excluding tert-OH is 2. The van der Waals surface area contributed by atoms with Crippen LogP contribution in [0.5, 0.6) is 0 Å². The highest BCUT2D eigenvalue weighted by molar-refractivity contribution is 7.80. The third-order valence-electron chi connectivity index (χ3n) is 1.83. The molecular formula is C10H18O3S2. The van der Waals surface area contributed by atoms with E-state index in [1.807, 2.05) is 0 Å². The molecule has 0 unspecified atom stereocenters. The first-order chi connectivity index (χ1) is 7.20. The third-order valence-corrected chi connectivity index (χ3v) is 2.65. The second-order valence-electron chi connectivity index (χ2n) is 3.14. The lowest BCUT2D eigenvalue weighted by atomic mass is 10.2. The summed E-state index contributed by atoms with van der Waals surface area (Å²) in [6.45, 7) is 1.39. The van der Waals surface area contributed by atoms with Gasteiger partial charge in [-0.05, 0) is 9.73 Å². The fourth-order valence-corrected chi connectivity index (χ4v) is 1.32. The van der Waals surface area contributed by atoms with Crippen LogP contribution in [0.4, 0.5) is 0 Å². The molecule has 88 valence electrons. The zero-order valence-electron chi connectivity index (χ0n) is 8.78. The van der Waals surface area contributed by atoms with Crippen molar-refractivity contribution < 1.29 is 14.9 Å². The second kappa shape index (κ2) is 10.6. The van der Waals surface area contributed by atoms with Gasteiger partial charge in [0, 0.05) is 38.9 Å². The number of hydrogen-bond donors (Lipinski definition) is 2. The number of rotatable bonds is 10. The topological polar surface area (TPSA) is 49.7 Å². The Labute approximate surface area is 101 Å². The van der Waals surface area contributed by atoms with E-state index in [1.54, 1.807) is 0 Å². The minimum atomic E-state index is 0.111. The summed E-state index contributed by atoms with van der Waals surface area (Å²) >= 11 is 9.99. The van der Waals surface area contributed by atoms with Gasteiger partial charge in [-0.25, -0.2) is 0 Å². The van der Waals surface area contributed by atoms with Gasteiger partial charge in [0.1, 0.15) is 0 Å².